The molecule has 2 saturated heterocycles. The number of aryl methyl sites for hydroxylation is 1. The van der Waals surface area contributed by atoms with Crippen LogP contribution in [0.2, 0.25) is 0 Å². The van der Waals surface area contributed by atoms with Crippen LogP contribution >= 0.6 is 0 Å². The van der Waals surface area contributed by atoms with Crippen molar-refractivity contribution in [3.05, 3.63) is 65.2 Å². The van der Waals surface area contributed by atoms with Crippen LogP contribution in [0.5, 0.6) is 0 Å². The zero-order valence-corrected chi connectivity index (χ0v) is 23.3. The highest BCUT2D eigenvalue weighted by Gasteiger charge is 2.73. The number of carbonyl (C=O) groups is 3. The monoisotopic (exact) mass is 587 g/mol. The minimum absolute atomic E-state index is 0.0704. The molecule has 2 unspecified atom stereocenters. The first-order chi connectivity index (χ1) is 20.6. The van der Waals surface area contributed by atoms with Gasteiger partial charge in [0.1, 0.15) is 18.6 Å². The third-order valence-electron chi connectivity index (χ3n) is 9.24. The van der Waals surface area contributed by atoms with E-state index in [4.69, 9.17) is 11.5 Å². The topological polar surface area (TPSA) is 202 Å². The predicted molar refractivity (Wildman–Crippen MR) is 156 cm³/mol. The van der Waals surface area contributed by atoms with E-state index in [1.807, 2.05) is 18.2 Å². The quantitative estimate of drug-likeness (QED) is 0.184. The number of benzene rings is 2. The number of hydrogen-bond acceptors (Lipinski definition) is 11. The second-order valence-corrected chi connectivity index (χ2v) is 11.6. The van der Waals surface area contributed by atoms with Crippen LogP contribution in [0.4, 0.5) is 10.5 Å². The fraction of sp³-hybridized carbons (Fsp3) is 0.414. The highest BCUT2D eigenvalue weighted by atomic mass is 16.5. The van der Waals surface area contributed by atoms with Gasteiger partial charge in [0.05, 0.1) is 12.6 Å². The molecule has 0 aromatic heterocycles. The Labute approximate surface area is 247 Å². The van der Waals surface area contributed by atoms with Crippen LogP contribution < -0.4 is 27.0 Å². The summed E-state index contributed by atoms with van der Waals surface area (Å²) >= 11 is 0. The lowest BCUT2D eigenvalue weighted by molar-refractivity contribution is -0.230. The number of guanidine groups is 2. The smallest absolute Gasteiger partial charge is 0.331 e. The summed E-state index contributed by atoms with van der Waals surface area (Å²) in [5.41, 5.74) is 13.8. The van der Waals surface area contributed by atoms with Crippen molar-refractivity contribution in [2.75, 3.05) is 24.5 Å². The number of carbonyl (C=O) groups excluding carboxylic acids is 3. The molecule has 0 radical (unpaired) electrons. The van der Waals surface area contributed by atoms with Crippen LogP contribution in [-0.2, 0) is 17.6 Å². The molecule has 2 fully saturated rings. The van der Waals surface area contributed by atoms with Crippen molar-refractivity contribution in [2.24, 2.45) is 21.5 Å². The van der Waals surface area contributed by atoms with Crippen molar-refractivity contribution in [3.8, 4) is 0 Å². The number of amides is 4. The van der Waals surface area contributed by atoms with Crippen LogP contribution in [0.25, 0.3) is 0 Å². The van der Waals surface area contributed by atoms with Gasteiger partial charge in [-0.1, -0.05) is 30.3 Å². The number of para-hydroxylation sites is 1. The van der Waals surface area contributed by atoms with Gasteiger partial charge in [0, 0.05) is 17.8 Å². The highest BCUT2D eigenvalue weighted by molar-refractivity contribution is 6.12. The molecule has 0 bridgehead atoms. The lowest BCUT2D eigenvalue weighted by atomic mass is 9.84. The Balaban J connectivity index is 1.17. The molecule has 4 atom stereocenters. The maximum atomic E-state index is 13.5. The number of nitrogens with two attached hydrogens (primary N) is 2. The molecule has 2 aromatic rings. The average Bonchev–Trinajstić information content (AvgIpc) is 3.58. The summed E-state index contributed by atoms with van der Waals surface area (Å²) in [5.74, 6) is -3.67. The molecule has 224 valence electrons. The van der Waals surface area contributed by atoms with Gasteiger partial charge in [0.15, 0.2) is 17.6 Å². The van der Waals surface area contributed by atoms with E-state index in [1.165, 1.54) is 9.80 Å². The number of nitrogens with zero attached hydrogens (tertiary/aromatic N) is 5. The molecular weight excluding hydrogens is 554 g/mol. The lowest BCUT2D eigenvalue weighted by Crippen LogP contribution is -2.78. The van der Waals surface area contributed by atoms with Crippen LogP contribution in [0.15, 0.2) is 58.5 Å². The van der Waals surface area contributed by atoms with Gasteiger partial charge in [0.25, 0.3) is 11.8 Å². The first-order valence-electron chi connectivity index (χ1n) is 14.4. The zero-order valence-electron chi connectivity index (χ0n) is 23.3. The Morgan fingerprint density at radius 1 is 1.05 bits per heavy atom. The third-order valence-corrected chi connectivity index (χ3v) is 9.24. The van der Waals surface area contributed by atoms with E-state index in [0.29, 0.717) is 11.3 Å². The molecule has 2 aromatic carbocycles. The van der Waals surface area contributed by atoms with Crippen molar-refractivity contribution in [2.45, 2.75) is 55.3 Å². The number of rotatable bonds is 5. The lowest BCUT2D eigenvalue weighted by Gasteiger charge is -2.49. The Morgan fingerprint density at radius 3 is 2.60 bits per heavy atom. The zero-order chi connectivity index (χ0) is 30.1. The minimum Gasteiger partial charge on any atom is -0.370 e. The van der Waals surface area contributed by atoms with E-state index < -0.39 is 47.4 Å². The van der Waals surface area contributed by atoms with E-state index in [-0.39, 0.29) is 31.6 Å². The first-order valence-corrected chi connectivity index (χ1v) is 14.4. The van der Waals surface area contributed by atoms with Crippen molar-refractivity contribution in [3.63, 3.8) is 0 Å². The van der Waals surface area contributed by atoms with E-state index in [2.05, 4.69) is 20.6 Å². The number of anilines is 1. The van der Waals surface area contributed by atoms with E-state index in [1.54, 1.807) is 30.3 Å². The maximum absolute atomic E-state index is 13.5. The van der Waals surface area contributed by atoms with Gasteiger partial charge in [-0.05, 0) is 55.0 Å². The summed E-state index contributed by atoms with van der Waals surface area (Å²) in [5, 5.41) is 29.3. The largest absolute Gasteiger partial charge is 0.370 e. The van der Waals surface area contributed by atoms with Gasteiger partial charge in [0.2, 0.25) is 5.79 Å². The Bertz CT molecular complexity index is 1580. The molecule has 4 amide bonds. The molecule has 7 rings (SSSR count). The van der Waals surface area contributed by atoms with Crippen LogP contribution in [-0.4, -0.2) is 99.0 Å². The Morgan fingerprint density at radius 2 is 1.81 bits per heavy atom. The summed E-state index contributed by atoms with van der Waals surface area (Å²) in [7, 11) is 0. The summed E-state index contributed by atoms with van der Waals surface area (Å²) in [6.45, 7) is -0.475. The van der Waals surface area contributed by atoms with Crippen molar-refractivity contribution >= 4 is 35.5 Å². The number of imide groups is 1. The fourth-order valence-electron chi connectivity index (χ4n) is 7.18. The number of hydrogen-bond donors (Lipinski definition) is 6. The summed E-state index contributed by atoms with van der Waals surface area (Å²) in [6.07, 6.45) is 3.70. The van der Waals surface area contributed by atoms with Gasteiger partial charge in [-0.3, -0.25) is 19.4 Å². The molecule has 5 aliphatic rings. The first kappa shape index (κ1) is 27.2. The van der Waals surface area contributed by atoms with E-state index >= 15 is 0 Å². The van der Waals surface area contributed by atoms with Crippen molar-refractivity contribution in [1.29, 1.82) is 0 Å². The standard InChI is InChI=1S/C29H33N9O5/c30-25-34-23-20(13-37-22(39)15-36(27(37)41)17-9-2-1-3-10-17)32-26(31)38-14-21(29(42,43)28(23,38)35-25)33-24(40)19-12-6-8-16-7-4-5-11-18(16)19/h1-3,6,8-10,12,20-21,23,42-43H,4-5,7,11,13-15H2,(H2,31,32)(H,33,40)(H3,30,34,35)/t20?,21?,23-,28-/m0/s1. The van der Waals surface area contributed by atoms with Gasteiger partial charge in [-0.2, -0.15) is 0 Å². The molecule has 43 heavy (non-hydrogen) atoms. The van der Waals surface area contributed by atoms with Crippen LogP contribution in [0.3, 0.4) is 0 Å². The average molecular weight is 588 g/mol. The van der Waals surface area contributed by atoms with Gasteiger partial charge in [-0.15, -0.1) is 0 Å². The van der Waals surface area contributed by atoms with Crippen molar-refractivity contribution in [1.82, 2.24) is 20.4 Å². The number of urea groups is 1. The fourth-order valence-corrected chi connectivity index (χ4v) is 7.18. The van der Waals surface area contributed by atoms with Gasteiger partial charge < -0.3 is 37.2 Å². The number of aliphatic hydroxyl groups is 2. The molecule has 8 N–H and O–H groups in total. The number of aliphatic imine (C=N–C) groups is 2. The number of nitrogens with one attached hydrogen (secondary N) is 2. The molecule has 0 saturated carbocycles. The molecule has 1 spiro atoms. The van der Waals surface area contributed by atoms with Gasteiger partial charge in [-0.25, -0.2) is 14.8 Å². The van der Waals surface area contributed by atoms with Gasteiger partial charge >= 0.3 is 6.03 Å². The molecule has 4 heterocycles. The molecule has 4 aliphatic heterocycles. The Hall–Kier alpha value is -4.69. The third kappa shape index (κ3) is 3.97. The highest BCUT2D eigenvalue weighted by Crippen LogP contribution is 2.45. The normalized spacial score (nSPS) is 29.0. The van der Waals surface area contributed by atoms with E-state index in [9.17, 15) is 24.6 Å². The summed E-state index contributed by atoms with van der Waals surface area (Å²) in [4.78, 5) is 52.7. The van der Waals surface area contributed by atoms with E-state index in [0.717, 1.165) is 41.7 Å². The summed E-state index contributed by atoms with van der Waals surface area (Å²) < 4.78 is 0. The van der Waals surface area contributed by atoms with Crippen LogP contribution in [0.1, 0.15) is 34.3 Å². The summed E-state index contributed by atoms with van der Waals surface area (Å²) in [6, 6.07) is 10.6. The minimum atomic E-state index is -2.64. The Kier molecular flexibility index (Phi) is 6.11. The molecule has 14 nitrogen and oxygen atoms in total. The second kappa shape index (κ2) is 9.67. The molecule has 14 heteroatoms. The van der Waals surface area contributed by atoms with Crippen molar-refractivity contribution < 1.29 is 24.6 Å². The second-order valence-electron chi connectivity index (χ2n) is 11.6. The van der Waals surface area contributed by atoms with Crippen LogP contribution in [0, 0.1) is 0 Å². The predicted octanol–water partition coefficient (Wildman–Crippen LogP) is -1.19. The number of fused-ring (bicyclic) bond motifs is 1. The molecule has 1 aliphatic carbocycles. The SMILES string of the molecule is NC1=N[C@H]2C(CN3C(=O)CN(c4ccccc4)C3=O)N=C(N)N3CC(NC(=O)c4cccc5c4CCCC5)C(O)(O)[C@]23N1. The maximum Gasteiger partial charge on any atom is 0.331 e. The molecular formula is C29H33N9O5.